The van der Waals surface area contributed by atoms with E-state index < -0.39 is 23.6 Å². The zero-order valence-electron chi connectivity index (χ0n) is 46.4. The number of hydrogen-bond acceptors (Lipinski definition) is 7. The van der Waals surface area contributed by atoms with Crippen LogP contribution in [-0.4, -0.2) is 43.0 Å². The summed E-state index contributed by atoms with van der Waals surface area (Å²) in [5, 5.41) is 16.2. The largest absolute Gasteiger partial charge is 0.416 e. The van der Waals surface area contributed by atoms with Crippen molar-refractivity contribution in [3.8, 4) is 45.2 Å². The fourth-order valence-electron chi connectivity index (χ4n) is 13.4. The van der Waals surface area contributed by atoms with Crippen LogP contribution < -0.4 is 9.80 Å². The molecule has 0 radical (unpaired) electrons. The first-order valence-electron chi connectivity index (χ1n) is 28.9. The summed E-state index contributed by atoms with van der Waals surface area (Å²) >= 11 is 0. The molecule has 410 valence electrons. The van der Waals surface area contributed by atoms with E-state index in [1.54, 1.807) is 60.7 Å². The van der Waals surface area contributed by atoms with Gasteiger partial charge in [0.1, 0.15) is 0 Å². The summed E-state index contributed by atoms with van der Waals surface area (Å²) < 4.78 is 10.9. The number of rotatable bonds is 10. The number of benzene rings is 12. The molecule has 11 heteroatoms. The Balaban J connectivity index is 0.617. The van der Waals surface area contributed by atoms with Crippen molar-refractivity contribution >= 4 is 100 Å². The minimum atomic E-state index is -0.419. The van der Waals surface area contributed by atoms with Gasteiger partial charge in [0.25, 0.3) is 23.6 Å². The van der Waals surface area contributed by atoms with Gasteiger partial charge in [-0.05, 0) is 147 Å². The van der Waals surface area contributed by atoms with Gasteiger partial charge in [-0.15, -0.1) is 10.2 Å². The molecule has 12 aromatic carbocycles. The molecule has 0 spiro atoms. The van der Waals surface area contributed by atoms with Crippen molar-refractivity contribution in [1.29, 1.82) is 0 Å². The zero-order chi connectivity index (χ0) is 58.0. The minimum absolute atomic E-state index is 0.221. The van der Waals surface area contributed by atoms with Gasteiger partial charge in [0.05, 0.1) is 16.9 Å². The quantitative estimate of drug-likeness (QED) is 0.125. The predicted molar refractivity (Wildman–Crippen MR) is 343 cm³/mol. The van der Waals surface area contributed by atoms with Crippen LogP contribution in [0.15, 0.2) is 259 Å². The van der Waals surface area contributed by atoms with E-state index in [1.807, 2.05) is 60.7 Å². The highest BCUT2D eigenvalue weighted by atomic mass is 16.4. The van der Waals surface area contributed by atoms with Crippen LogP contribution >= 0.6 is 0 Å². The number of fused-ring (bicyclic) bond motifs is 6. The van der Waals surface area contributed by atoms with Crippen molar-refractivity contribution in [3.63, 3.8) is 0 Å². The van der Waals surface area contributed by atoms with Crippen molar-refractivity contribution in [2.45, 2.75) is 13.1 Å². The average molecular weight is 1120 g/mol. The maximum atomic E-state index is 14.5. The van der Waals surface area contributed by atoms with E-state index >= 15 is 0 Å². The van der Waals surface area contributed by atoms with Crippen LogP contribution in [0.4, 0.5) is 11.4 Å². The number of imide groups is 2. The Morgan fingerprint density at radius 1 is 0.287 bits per heavy atom. The second-order valence-corrected chi connectivity index (χ2v) is 22.3. The van der Waals surface area contributed by atoms with Crippen molar-refractivity contribution in [2.75, 3.05) is 9.80 Å². The van der Waals surface area contributed by atoms with E-state index in [4.69, 9.17) is 4.42 Å². The molecular formula is C76H46N6O5. The van der Waals surface area contributed by atoms with Gasteiger partial charge in [-0.2, -0.15) is 0 Å². The Bertz CT molecular complexity index is 5390. The molecule has 0 bridgehead atoms. The molecule has 87 heavy (non-hydrogen) atoms. The normalized spacial score (nSPS) is 13.2. The van der Waals surface area contributed by atoms with E-state index in [9.17, 15) is 19.2 Å². The third-order valence-electron chi connectivity index (χ3n) is 17.5. The summed E-state index contributed by atoms with van der Waals surface area (Å²) in [6.07, 6.45) is 0. The molecule has 17 rings (SSSR count). The first kappa shape index (κ1) is 49.8. The van der Waals surface area contributed by atoms with Crippen LogP contribution in [-0.2, 0) is 13.1 Å². The Kier molecular flexibility index (Phi) is 11.1. The topological polar surface area (TPSA) is 124 Å². The molecule has 0 N–H and O–H groups in total. The Morgan fingerprint density at radius 3 is 1.18 bits per heavy atom. The zero-order valence-corrected chi connectivity index (χ0v) is 46.4. The van der Waals surface area contributed by atoms with Gasteiger partial charge < -0.3 is 13.6 Å². The molecule has 0 saturated carbocycles. The van der Waals surface area contributed by atoms with Crippen LogP contribution in [0.1, 0.15) is 52.6 Å². The van der Waals surface area contributed by atoms with E-state index in [-0.39, 0.29) is 11.8 Å². The number of hydrogen-bond donors (Lipinski definition) is 0. The summed E-state index contributed by atoms with van der Waals surface area (Å²) in [6.45, 7) is 1.44. The summed E-state index contributed by atoms with van der Waals surface area (Å²) in [5.74, 6) is -1.23. The highest BCUT2D eigenvalue weighted by Gasteiger charge is 2.37. The molecule has 2 aliphatic heterocycles. The highest BCUT2D eigenvalue weighted by molar-refractivity contribution is 6.38. The molecular weight excluding hydrogens is 1080 g/mol. The maximum Gasteiger partial charge on any atom is 0.265 e. The van der Waals surface area contributed by atoms with Gasteiger partial charge in [-0.3, -0.25) is 19.2 Å². The number of amides is 4. The summed E-state index contributed by atoms with van der Waals surface area (Å²) in [6, 6.07) is 83.5. The van der Waals surface area contributed by atoms with Gasteiger partial charge in [0, 0.05) is 95.3 Å². The number of anilines is 2. The lowest BCUT2D eigenvalue weighted by molar-refractivity contribution is 0.0877. The van der Waals surface area contributed by atoms with Gasteiger partial charge in [-0.1, -0.05) is 152 Å². The number of nitrogens with zero attached hydrogens (tertiary/aromatic N) is 6. The molecule has 2 aliphatic rings. The van der Waals surface area contributed by atoms with Crippen molar-refractivity contribution in [3.05, 3.63) is 288 Å². The summed E-state index contributed by atoms with van der Waals surface area (Å²) in [7, 11) is 0. The molecule has 4 amide bonds. The first-order valence-corrected chi connectivity index (χ1v) is 28.9. The number of carbonyl (C=O) groups excluding carboxylic acids is 4. The molecule has 0 aliphatic carbocycles. The van der Waals surface area contributed by atoms with E-state index in [0.29, 0.717) is 62.1 Å². The van der Waals surface area contributed by atoms with Crippen molar-refractivity contribution < 1.29 is 23.6 Å². The number of para-hydroxylation sites is 2. The fourth-order valence-corrected chi connectivity index (χ4v) is 13.4. The van der Waals surface area contributed by atoms with E-state index in [1.165, 1.54) is 26.3 Å². The summed E-state index contributed by atoms with van der Waals surface area (Å²) in [5.41, 5.74) is 14.5. The molecule has 11 nitrogen and oxygen atoms in total. The molecule has 0 fully saturated rings. The van der Waals surface area contributed by atoms with Gasteiger partial charge >= 0.3 is 0 Å². The number of aromatic nitrogens is 4. The average Bonchev–Trinajstić information content (AvgIpc) is 1.82. The Labute approximate surface area is 496 Å². The van der Waals surface area contributed by atoms with E-state index in [0.717, 1.165) is 77.8 Å². The lowest BCUT2D eigenvalue weighted by Crippen LogP contribution is -2.40. The Morgan fingerprint density at radius 2 is 0.667 bits per heavy atom. The molecule has 0 atom stereocenters. The van der Waals surface area contributed by atoms with Crippen LogP contribution in [0, 0.1) is 0 Å². The third-order valence-corrected chi connectivity index (χ3v) is 17.5. The predicted octanol–water partition coefficient (Wildman–Crippen LogP) is 17.0. The van der Waals surface area contributed by atoms with Crippen molar-refractivity contribution in [2.24, 2.45) is 0 Å². The molecule has 0 unspecified atom stereocenters. The molecule has 5 heterocycles. The second-order valence-electron chi connectivity index (χ2n) is 22.3. The molecule has 0 saturated heterocycles. The standard InChI is InChI=1S/C76H46N6O5/c83-73-60-21-11-19-58-53(49-30-40-67-64(41-49)56-18-8-10-24-66(56)79(67)43-45-13-3-1-4-14-45)36-38-62(69(58)60)75(85)81(73)51-31-25-47(26-32-51)71-77-78-72(87-71)48-27-33-52(34-28-48)82-74(84)61-22-12-20-59-54(37-39-63(70(59)61)76(82)86)50-29-35-57-55-17-7-9-23-65(55)80(68(57)42-50)44-46-15-5-2-6-16-46/h1-42H,43-44H2. The van der Waals surface area contributed by atoms with Crippen LogP contribution in [0.25, 0.3) is 110 Å². The third kappa shape index (κ3) is 7.76. The van der Waals surface area contributed by atoms with E-state index in [2.05, 4.69) is 153 Å². The number of carbonyl (C=O) groups is 4. The van der Waals surface area contributed by atoms with Crippen LogP contribution in [0.2, 0.25) is 0 Å². The van der Waals surface area contributed by atoms with Gasteiger partial charge in [0.15, 0.2) is 0 Å². The Hall–Kier alpha value is -11.8. The SMILES string of the molecule is O=C1c2cccc3c(-c4ccc5c(c4)c4ccccc4n5Cc4ccccc4)ccc(c23)C(=O)N1c1ccc(-c2nnc(-c3ccc(N4C(=O)c5cccc6c(-c7ccc8c9ccccc9n(Cc9ccccc9)c8c7)ccc(c56)C4=O)cc3)o2)cc1. The minimum Gasteiger partial charge on any atom is -0.416 e. The molecule has 15 aromatic rings. The molecule has 3 aromatic heterocycles. The monoisotopic (exact) mass is 1120 g/mol. The van der Waals surface area contributed by atoms with Gasteiger partial charge in [-0.25, -0.2) is 9.80 Å². The van der Waals surface area contributed by atoms with Gasteiger partial charge in [0.2, 0.25) is 11.8 Å². The highest BCUT2D eigenvalue weighted by Crippen LogP contribution is 2.43. The maximum absolute atomic E-state index is 14.5. The lowest BCUT2D eigenvalue weighted by Gasteiger charge is -2.28. The first-order chi connectivity index (χ1) is 42.8. The second kappa shape index (κ2) is 19.4. The lowest BCUT2D eigenvalue weighted by atomic mass is 9.88. The summed E-state index contributed by atoms with van der Waals surface area (Å²) in [4.78, 5) is 60.5. The van der Waals surface area contributed by atoms with Crippen LogP contribution in [0.3, 0.4) is 0 Å². The van der Waals surface area contributed by atoms with Crippen LogP contribution in [0.5, 0.6) is 0 Å². The van der Waals surface area contributed by atoms with Crippen molar-refractivity contribution in [1.82, 2.24) is 19.3 Å². The smallest absolute Gasteiger partial charge is 0.265 e. The fraction of sp³-hybridized carbons (Fsp3) is 0.0263.